The monoisotopic (exact) mass is 302 g/mol. The second-order valence-corrected chi connectivity index (χ2v) is 5.29. The first-order chi connectivity index (χ1) is 10.1. The van der Waals surface area contributed by atoms with Gasteiger partial charge in [-0.3, -0.25) is 4.79 Å². The SMILES string of the molecule is O=C1NN=C(c2cccc(F)c2)C[C@H]1c1ccc(Cl)cc1. The van der Waals surface area contributed by atoms with Gasteiger partial charge in [-0.25, -0.2) is 9.82 Å². The normalized spacial score (nSPS) is 18.1. The lowest BCUT2D eigenvalue weighted by Gasteiger charge is -2.22. The maximum Gasteiger partial charge on any atom is 0.248 e. The minimum atomic E-state index is -0.349. The van der Waals surface area contributed by atoms with E-state index in [-0.39, 0.29) is 17.6 Å². The molecule has 0 saturated carbocycles. The fourth-order valence-electron chi connectivity index (χ4n) is 2.35. The van der Waals surface area contributed by atoms with E-state index in [0.29, 0.717) is 22.7 Å². The number of rotatable bonds is 2. The first-order valence-corrected chi connectivity index (χ1v) is 6.89. The third-order valence-corrected chi connectivity index (χ3v) is 3.70. The lowest BCUT2D eigenvalue weighted by atomic mass is 9.89. The van der Waals surface area contributed by atoms with Crippen LogP contribution >= 0.6 is 11.6 Å². The maximum atomic E-state index is 13.3. The van der Waals surface area contributed by atoms with Crippen molar-refractivity contribution in [2.24, 2.45) is 5.10 Å². The number of nitrogens with zero attached hydrogens (tertiary/aromatic N) is 1. The zero-order valence-corrected chi connectivity index (χ0v) is 11.8. The summed E-state index contributed by atoms with van der Waals surface area (Å²) in [6.07, 6.45) is 0.427. The van der Waals surface area contributed by atoms with Crippen LogP contribution in [0.15, 0.2) is 53.6 Å². The molecule has 3 nitrogen and oxygen atoms in total. The zero-order valence-electron chi connectivity index (χ0n) is 11.0. The van der Waals surface area contributed by atoms with Crippen molar-refractivity contribution < 1.29 is 9.18 Å². The fourth-order valence-corrected chi connectivity index (χ4v) is 2.47. The Morgan fingerprint density at radius 3 is 2.67 bits per heavy atom. The molecular weight excluding hydrogens is 291 g/mol. The van der Waals surface area contributed by atoms with Crippen LogP contribution in [0.2, 0.25) is 5.02 Å². The highest BCUT2D eigenvalue weighted by Crippen LogP contribution is 2.26. The molecule has 0 radical (unpaired) electrons. The molecule has 2 aromatic carbocycles. The van der Waals surface area contributed by atoms with E-state index in [0.717, 1.165) is 5.56 Å². The first kappa shape index (κ1) is 13.8. The van der Waals surface area contributed by atoms with Crippen molar-refractivity contribution in [3.8, 4) is 0 Å². The lowest BCUT2D eigenvalue weighted by molar-refractivity contribution is -0.122. The van der Waals surface area contributed by atoms with Crippen LogP contribution in [0.3, 0.4) is 0 Å². The lowest BCUT2D eigenvalue weighted by Crippen LogP contribution is -2.33. The number of nitrogens with one attached hydrogen (secondary N) is 1. The van der Waals surface area contributed by atoms with Crippen LogP contribution in [0.25, 0.3) is 0 Å². The number of amides is 1. The molecule has 0 saturated heterocycles. The van der Waals surface area contributed by atoms with E-state index in [4.69, 9.17) is 11.6 Å². The topological polar surface area (TPSA) is 41.5 Å². The first-order valence-electron chi connectivity index (χ1n) is 6.51. The van der Waals surface area contributed by atoms with Crippen LogP contribution in [0.5, 0.6) is 0 Å². The third-order valence-electron chi connectivity index (χ3n) is 3.45. The Balaban J connectivity index is 1.90. The van der Waals surface area contributed by atoms with Crippen molar-refractivity contribution in [1.82, 2.24) is 5.43 Å². The van der Waals surface area contributed by atoms with Gasteiger partial charge in [-0.05, 0) is 29.8 Å². The summed E-state index contributed by atoms with van der Waals surface area (Å²) in [5.41, 5.74) is 4.70. The smallest absolute Gasteiger partial charge is 0.248 e. The van der Waals surface area contributed by atoms with Gasteiger partial charge in [0, 0.05) is 17.0 Å². The third kappa shape index (κ3) is 2.95. The molecule has 3 rings (SSSR count). The van der Waals surface area contributed by atoms with E-state index in [1.165, 1.54) is 12.1 Å². The molecule has 21 heavy (non-hydrogen) atoms. The number of carbonyl (C=O) groups is 1. The summed E-state index contributed by atoms with van der Waals surface area (Å²) in [4.78, 5) is 12.0. The van der Waals surface area contributed by atoms with Crippen molar-refractivity contribution in [2.75, 3.05) is 0 Å². The van der Waals surface area contributed by atoms with Crippen molar-refractivity contribution in [1.29, 1.82) is 0 Å². The summed E-state index contributed by atoms with van der Waals surface area (Å²) in [5, 5.41) is 4.66. The van der Waals surface area contributed by atoms with Gasteiger partial charge in [0.1, 0.15) is 5.82 Å². The van der Waals surface area contributed by atoms with Gasteiger partial charge in [0.15, 0.2) is 0 Å². The van der Waals surface area contributed by atoms with E-state index < -0.39 is 0 Å². The van der Waals surface area contributed by atoms with Crippen molar-refractivity contribution >= 4 is 23.2 Å². The van der Waals surface area contributed by atoms with Crippen LogP contribution in [0.1, 0.15) is 23.5 Å². The molecule has 106 valence electrons. The Morgan fingerprint density at radius 1 is 1.19 bits per heavy atom. The van der Waals surface area contributed by atoms with Crippen LogP contribution in [-0.4, -0.2) is 11.6 Å². The number of halogens is 2. The molecule has 1 aliphatic heterocycles. The average molecular weight is 303 g/mol. The highest BCUT2D eigenvalue weighted by atomic mass is 35.5. The highest BCUT2D eigenvalue weighted by molar-refractivity contribution is 6.30. The van der Waals surface area contributed by atoms with Gasteiger partial charge in [-0.1, -0.05) is 35.9 Å². The average Bonchev–Trinajstić information content (AvgIpc) is 2.49. The molecule has 0 aliphatic carbocycles. The standard InChI is InChI=1S/C16H12ClFN2O/c17-12-6-4-10(5-7-12)14-9-15(19-20-16(14)21)11-2-1-3-13(18)8-11/h1-8,14H,9H2,(H,20,21)/t14-/m0/s1. The Hall–Kier alpha value is -2.20. The predicted molar refractivity (Wildman–Crippen MR) is 79.9 cm³/mol. The Bertz CT molecular complexity index is 712. The molecule has 1 N–H and O–H groups in total. The fraction of sp³-hybridized carbons (Fsp3) is 0.125. The van der Waals surface area contributed by atoms with E-state index >= 15 is 0 Å². The quantitative estimate of drug-likeness (QED) is 0.906. The molecule has 1 atom stereocenters. The van der Waals surface area contributed by atoms with Gasteiger partial charge >= 0.3 is 0 Å². The highest BCUT2D eigenvalue weighted by Gasteiger charge is 2.27. The molecular formula is C16H12ClFN2O. The van der Waals surface area contributed by atoms with Gasteiger partial charge in [-0.2, -0.15) is 5.10 Å². The molecule has 2 aromatic rings. The van der Waals surface area contributed by atoms with Crippen LogP contribution in [0, 0.1) is 5.82 Å². The summed E-state index contributed by atoms with van der Waals surface area (Å²) in [6.45, 7) is 0. The largest absolute Gasteiger partial charge is 0.272 e. The number of hydrazone groups is 1. The van der Waals surface area contributed by atoms with E-state index in [9.17, 15) is 9.18 Å². The molecule has 1 heterocycles. The van der Waals surface area contributed by atoms with Gasteiger partial charge in [0.25, 0.3) is 0 Å². The molecule has 0 spiro atoms. The minimum absolute atomic E-state index is 0.169. The van der Waals surface area contributed by atoms with Crippen LogP contribution in [-0.2, 0) is 4.79 Å². The van der Waals surface area contributed by atoms with E-state index in [1.54, 1.807) is 24.3 Å². The second kappa shape index (κ2) is 5.66. The zero-order chi connectivity index (χ0) is 14.8. The van der Waals surface area contributed by atoms with Crippen LogP contribution in [0.4, 0.5) is 4.39 Å². The summed E-state index contributed by atoms with van der Waals surface area (Å²) in [6, 6.07) is 13.3. The molecule has 0 fully saturated rings. The Labute approximate surface area is 126 Å². The van der Waals surface area contributed by atoms with Gasteiger partial charge < -0.3 is 0 Å². The van der Waals surface area contributed by atoms with Gasteiger partial charge in [0.05, 0.1) is 11.6 Å². The predicted octanol–water partition coefficient (Wildman–Crippen LogP) is 3.49. The maximum absolute atomic E-state index is 13.3. The molecule has 0 aromatic heterocycles. The molecule has 5 heteroatoms. The number of carbonyl (C=O) groups excluding carboxylic acids is 1. The van der Waals surface area contributed by atoms with Crippen molar-refractivity contribution in [3.63, 3.8) is 0 Å². The number of hydrogen-bond acceptors (Lipinski definition) is 2. The molecule has 1 aliphatic rings. The second-order valence-electron chi connectivity index (χ2n) is 4.85. The molecule has 1 amide bonds. The summed E-state index contributed by atoms with van der Waals surface area (Å²) < 4.78 is 13.3. The Morgan fingerprint density at radius 2 is 1.95 bits per heavy atom. The van der Waals surface area contributed by atoms with Gasteiger partial charge in [-0.15, -0.1) is 0 Å². The summed E-state index contributed by atoms with van der Waals surface area (Å²) >= 11 is 5.86. The minimum Gasteiger partial charge on any atom is -0.272 e. The molecule has 0 unspecified atom stereocenters. The van der Waals surface area contributed by atoms with Crippen LogP contribution < -0.4 is 5.43 Å². The van der Waals surface area contributed by atoms with E-state index in [2.05, 4.69) is 10.5 Å². The molecule has 0 bridgehead atoms. The van der Waals surface area contributed by atoms with Gasteiger partial charge in [0.2, 0.25) is 5.91 Å². The number of hydrogen-bond donors (Lipinski definition) is 1. The summed E-state index contributed by atoms with van der Waals surface area (Å²) in [5.74, 6) is -0.842. The summed E-state index contributed by atoms with van der Waals surface area (Å²) in [7, 11) is 0. The Kier molecular flexibility index (Phi) is 3.71. The van der Waals surface area contributed by atoms with Crippen molar-refractivity contribution in [2.45, 2.75) is 12.3 Å². The van der Waals surface area contributed by atoms with E-state index in [1.807, 2.05) is 12.1 Å². The van der Waals surface area contributed by atoms with Crippen molar-refractivity contribution in [3.05, 3.63) is 70.5 Å². The number of benzene rings is 2.